The van der Waals surface area contributed by atoms with Gasteiger partial charge in [-0.3, -0.25) is 39.4 Å². The minimum Gasteiger partial charge on any atom is -0.469 e. The van der Waals surface area contributed by atoms with Crippen LogP contribution < -0.4 is 5.32 Å². The number of nitrogens with one attached hydrogen (secondary N) is 1. The van der Waals surface area contributed by atoms with Crippen molar-refractivity contribution in [3.63, 3.8) is 0 Å². The van der Waals surface area contributed by atoms with Crippen LogP contribution in [-0.4, -0.2) is 47.7 Å². The highest BCUT2D eigenvalue weighted by Gasteiger charge is 2.63. The average Bonchev–Trinajstić information content (AvgIpc) is 2.83. The number of anilines is 1. The van der Waals surface area contributed by atoms with Gasteiger partial charge in [-0.05, 0) is 17.7 Å². The molecule has 0 aromatic heterocycles. The van der Waals surface area contributed by atoms with Crippen molar-refractivity contribution in [2.45, 2.75) is 6.42 Å². The van der Waals surface area contributed by atoms with Gasteiger partial charge in [0.2, 0.25) is 5.91 Å². The second-order valence-corrected chi connectivity index (χ2v) is 8.01. The van der Waals surface area contributed by atoms with Gasteiger partial charge >= 0.3 is 11.9 Å². The van der Waals surface area contributed by atoms with Crippen molar-refractivity contribution in [3.8, 4) is 0 Å². The Morgan fingerprint density at radius 3 is 1.61 bits per heavy atom. The molecule has 188 valence electrons. The summed E-state index contributed by atoms with van der Waals surface area (Å²) >= 11 is 0. The largest absolute Gasteiger partial charge is 0.469 e. The maximum absolute atomic E-state index is 13.2. The van der Waals surface area contributed by atoms with E-state index in [2.05, 4.69) is 5.32 Å². The Labute approximate surface area is 203 Å². The van der Waals surface area contributed by atoms with Crippen LogP contribution in [0.15, 0.2) is 48.5 Å². The molecule has 36 heavy (non-hydrogen) atoms. The van der Waals surface area contributed by atoms with E-state index in [0.717, 1.165) is 14.2 Å². The van der Waals surface area contributed by atoms with Gasteiger partial charge in [-0.2, -0.15) is 0 Å². The van der Waals surface area contributed by atoms with E-state index in [1.807, 2.05) is 0 Å². The number of amides is 1. The fraction of sp³-hybridized carbons (Fsp3) is 0.304. The zero-order valence-corrected chi connectivity index (χ0v) is 19.1. The lowest BCUT2D eigenvalue weighted by molar-refractivity contribution is -0.385. The van der Waals surface area contributed by atoms with E-state index in [-0.39, 0.29) is 23.5 Å². The third-order valence-corrected chi connectivity index (χ3v) is 6.04. The van der Waals surface area contributed by atoms with E-state index in [9.17, 15) is 39.4 Å². The number of ether oxygens (including phenoxy) is 2. The summed E-state index contributed by atoms with van der Waals surface area (Å²) in [7, 11) is 2.16. The molecule has 13 nitrogen and oxygen atoms in total. The Morgan fingerprint density at radius 2 is 1.19 bits per heavy atom. The number of Topliss-reactive ketones (excluding diaryl/α,β-unsaturated/α-hetero) is 1. The summed E-state index contributed by atoms with van der Waals surface area (Å²) in [6.45, 7) is 0. The SMILES string of the molecule is COC(=O)C1C(C(=O)Cc2ccc([N+](=O)[O-])cc2)C(C(=O)OC)C1C(=O)Nc1ccc([N+](=O)[O-])cc1. The van der Waals surface area contributed by atoms with Gasteiger partial charge in [0, 0.05) is 42.3 Å². The molecule has 0 spiro atoms. The molecule has 2 aromatic carbocycles. The molecule has 3 rings (SSSR count). The predicted molar refractivity (Wildman–Crippen MR) is 122 cm³/mol. The van der Waals surface area contributed by atoms with Gasteiger partial charge in [-0.15, -0.1) is 0 Å². The number of ketones is 1. The molecule has 0 heterocycles. The number of benzene rings is 2. The number of methoxy groups -OCH3 is 2. The molecule has 0 bridgehead atoms. The summed E-state index contributed by atoms with van der Waals surface area (Å²) in [5.74, 6) is -8.17. The number of nitrogens with zero attached hydrogens (tertiary/aromatic N) is 2. The molecule has 0 aliphatic heterocycles. The number of hydrogen-bond acceptors (Lipinski definition) is 10. The molecule has 13 heteroatoms. The summed E-state index contributed by atoms with van der Waals surface area (Å²) in [4.78, 5) is 71.8. The Kier molecular flexibility index (Phi) is 7.72. The van der Waals surface area contributed by atoms with E-state index in [0.29, 0.717) is 5.56 Å². The van der Waals surface area contributed by atoms with Crippen LogP contribution in [-0.2, 0) is 35.1 Å². The van der Waals surface area contributed by atoms with Crippen LogP contribution in [0.1, 0.15) is 5.56 Å². The lowest BCUT2D eigenvalue weighted by Gasteiger charge is -2.46. The number of nitro benzene ring substituents is 2. The fourth-order valence-corrected chi connectivity index (χ4v) is 4.28. The molecule has 0 saturated heterocycles. The minimum atomic E-state index is -1.30. The lowest BCUT2D eigenvalue weighted by Crippen LogP contribution is -2.61. The second kappa shape index (κ2) is 10.7. The van der Waals surface area contributed by atoms with Crippen molar-refractivity contribution >= 4 is 40.7 Å². The van der Waals surface area contributed by atoms with E-state index in [1.54, 1.807) is 0 Å². The molecule has 2 unspecified atom stereocenters. The molecule has 1 aliphatic rings. The van der Waals surface area contributed by atoms with Gasteiger partial charge in [-0.25, -0.2) is 0 Å². The van der Waals surface area contributed by atoms with Gasteiger partial charge in [0.15, 0.2) is 0 Å². The highest BCUT2D eigenvalue weighted by Crippen LogP contribution is 2.49. The Balaban J connectivity index is 1.86. The summed E-state index contributed by atoms with van der Waals surface area (Å²) in [6, 6.07) is 10.1. The number of hydrogen-bond donors (Lipinski definition) is 1. The van der Waals surface area contributed by atoms with Crippen LogP contribution in [0, 0.1) is 43.9 Å². The lowest BCUT2D eigenvalue weighted by atomic mass is 9.54. The normalized spacial score (nSPS) is 20.4. The summed E-state index contributed by atoms with van der Waals surface area (Å²) in [6.07, 6.45) is -0.250. The molecular formula is C23H21N3O10. The number of carbonyl (C=O) groups is 4. The summed E-state index contributed by atoms with van der Waals surface area (Å²) in [5, 5.41) is 24.2. The molecule has 1 aliphatic carbocycles. The summed E-state index contributed by atoms with van der Waals surface area (Å²) < 4.78 is 9.58. The van der Waals surface area contributed by atoms with Crippen LogP contribution in [0.2, 0.25) is 0 Å². The Bertz CT molecular complexity index is 1110. The van der Waals surface area contributed by atoms with Crippen molar-refractivity contribution in [1.29, 1.82) is 0 Å². The Hall–Kier alpha value is -4.68. The predicted octanol–water partition coefficient (Wildman–Crippen LogP) is 2.08. The molecule has 2 atom stereocenters. The maximum atomic E-state index is 13.2. The zero-order chi connectivity index (χ0) is 26.6. The molecule has 1 fully saturated rings. The van der Waals surface area contributed by atoms with E-state index < -0.39 is 57.1 Å². The number of carbonyl (C=O) groups excluding carboxylic acids is 4. The third kappa shape index (κ3) is 5.19. The fourth-order valence-electron chi connectivity index (χ4n) is 4.28. The first-order valence-electron chi connectivity index (χ1n) is 10.6. The quantitative estimate of drug-likeness (QED) is 0.304. The van der Waals surface area contributed by atoms with Crippen LogP contribution in [0.5, 0.6) is 0 Å². The molecule has 1 saturated carbocycles. The highest BCUT2D eigenvalue weighted by atomic mass is 16.6. The van der Waals surface area contributed by atoms with Crippen LogP contribution >= 0.6 is 0 Å². The van der Waals surface area contributed by atoms with Gasteiger partial charge in [0.25, 0.3) is 11.4 Å². The first-order valence-corrected chi connectivity index (χ1v) is 10.6. The monoisotopic (exact) mass is 499 g/mol. The van der Waals surface area contributed by atoms with Crippen molar-refractivity contribution in [2.24, 2.45) is 23.7 Å². The zero-order valence-electron chi connectivity index (χ0n) is 19.1. The van der Waals surface area contributed by atoms with Crippen molar-refractivity contribution in [2.75, 3.05) is 19.5 Å². The first-order chi connectivity index (χ1) is 17.1. The molecule has 1 amide bonds. The van der Waals surface area contributed by atoms with Crippen molar-refractivity contribution < 1.29 is 38.5 Å². The number of non-ortho nitro benzene ring substituents is 2. The molecule has 1 N–H and O–H groups in total. The minimum absolute atomic E-state index is 0.169. The van der Waals surface area contributed by atoms with Gasteiger partial charge < -0.3 is 14.8 Å². The van der Waals surface area contributed by atoms with Gasteiger partial charge in [0.05, 0.1) is 41.8 Å². The highest BCUT2D eigenvalue weighted by molar-refractivity contribution is 6.04. The topological polar surface area (TPSA) is 185 Å². The molecular weight excluding hydrogens is 478 g/mol. The third-order valence-electron chi connectivity index (χ3n) is 6.04. The summed E-state index contributed by atoms with van der Waals surface area (Å²) in [5.41, 5.74) is 0.223. The molecule has 2 aromatic rings. The maximum Gasteiger partial charge on any atom is 0.310 e. The van der Waals surface area contributed by atoms with Crippen molar-refractivity contribution in [3.05, 3.63) is 74.3 Å². The Morgan fingerprint density at radius 1 is 0.750 bits per heavy atom. The van der Waals surface area contributed by atoms with Crippen LogP contribution in [0.3, 0.4) is 0 Å². The number of rotatable bonds is 9. The number of esters is 2. The van der Waals surface area contributed by atoms with E-state index >= 15 is 0 Å². The van der Waals surface area contributed by atoms with Gasteiger partial charge in [0.1, 0.15) is 5.78 Å². The van der Waals surface area contributed by atoms with Crippen LogP contribution in [0.4, 0.5) is 17.1 Å². The average molecular weight is 499 g/mol. The smallest absolute Gasteiger partial charge is 0.310 e. The van der Waals surface area contributed by atoms with Crippen molar-refractivity contribution in [1.82, 2.24) is 0 Å². The standard InChI is InChI=1S/C23H21N3O10/c1-35-22(29)19-17(16(27)11-12-3-7-14(8-4-12)25(31)32)20(23(30)36-2)18(19)21(28)24-13-5-9-15(10-6-13)26(33)34/h3-10,17-20H,11H2,1-2H3,(H,24,28). The molecule has 0 radical (unpaired) electrons. The first kappa shape index (κ1) is 25.9. The second-order valence-electron chi connectivity index (χ2n) is 8.01. The van der Waals surface area contributed by atoms with Gasteiger partial charge in [-0.1, -0.05) is 12.1 Å². The van der Waals surface area contributed by atoms with E-state index in [4.69, 9.17) is 9.47 Å². The number of nitro groups is 2. The van der Waals surface area contributed by atoms with Crippen LogP contribution in [0.25, 0.3) is 0 Å². The van der Waals surface area contributed by atoms with E-state index in [1.165, 1.54) is 48.5 Å².